The number of benzene rings is 1. The second-order valence-corrected chi connectivity index (χ2v) is 4.12. The number of nitrogens with one attached hydrogen (secondary N) is 1. The minimum Gasteiger partial charge on any atom is -0.343 e. The van der Waals surface area contributed by atoms with Crippen LogP contribution in [-0.2, 0) is 4.79 Å². The first-order valence-corrected chi connectivity index (χ1v) is 5.38. The van der Waals surface area contributed by atoms with E-state index in [-0.39, 0.29) is 17.0 Å². The fraction of sp³-hybridized carbons (Fsp3) is 0.333. The SMILES string of the molecule is CC(=O)C(C)NC(=O)c1cc(C)cc([N+](=O)[O-])c1. The second kappa shape index (κ2) is 5.39. The van der Waals surface area contributed by atoms with E-state index in [1.54, 1.807) is 13.8 Å². The number of aryl methyl sites for hydroxylation is 1. The van der Waals surface area contributed by atoms with Gasteiger partial charge in [-0.2, -0.15) is 0 Å². The summed E-state index contributed by atoms with van der Waals surface area (Å²) < 4.78 is 0. The van der Waals surface area contributed by atoms with Crippen LogP contribution in [0.4, 0.5) is 5.69 Å². The molecule has 1 aromatic rings. The van der Waals surface area contributed by atoms with Crippen molar-refractivity contribution in [2.75, 3.05) is 0 Å². The Labute approximate surface area is 104 Å². The number of rotatable bonds is 4. The number of nitro groups is 1. The summed E-state index contributed by atoms with van der Waals surface area (Å²) >= 11 is 0. The Morgan fingerprint density at radius 1 is 1.33 bits per heavy atom. The summed E-state index contributed by atoms with van der Waals surface area (Å²) in [6.45, 7) is 4.59. The smallest absolute Gasteiger partial charge is 0.270 e. The predicted octanol–water partition coefficient (Wildman–Crippen LogP) is 1.61. The first-order chi connectivity index (χ1) is 8.31. The fourth-order valence-electron chi connectivity index (χ4n) is 1.38. The first kappa shape index (κ1) is 13.8. The molecule has 1 aromatic carbocycles. The first-order valence-electron chi connectivity index (χ1n) is 5.38. The molecule has 0 spiro atoms. The van der Waals surface area contributed by atoms with Gasteiger partial charge in [-0.1, -0.05) is 0 Å². The molecule has 0 saturated heterocycles. The highest BCUT2D eigenvalue weighted by molar-refractivity contribution is 5.98. The molecule has 0 heterocycles. The highest BCUT2D eigenvalue weighted by atomic mass is 16.6. The van der Waals surface area contributed by atoms with Gasteiger partial charge in [0.2, 0.25) is 0 Å². The Morgan fingerprint density at radius 2 is 1.94 bits per heavy atom. The van der Waals surface area contributed by atoms with Crippen LogP contribution in [-0.4, -0.2) is 22.7 Å². The third-order valence-electron chi connectivity index (χ3n) is 2.49. The molecule has 0 fully saturated rings. The van der Waals surface area contributed by atoms with Gasteiger partial charge >= 0.3 is 0 Å². The summed E-state index contributed by atoms with van der Waals surface area (Å²) in [7, 11) is 0. The zero-order chi connectivity index (χ0) is 13.9. The molecule has 96 valence electrons. The molecule has 0 saturated carbocycles. The molecule has 1 N–H and O–H groups in total. The zero-order valence-corrected chi connectivity index (χ0v) is 10.4. The van der Waals surface area contributed by atoms with Gasteiger partial charge in [0.25, 0.3) is 11.6 Å². The molecule has 1 unspecified atom stereocenters. The van der Waals surface area contributed by atoms with Crippen molar-refractivity contribution in [1.82, 2.24) is 5.32 Å². The Balaban J connectivity index is 2.99. The summed E-state index contributed by atoms with van der Waals surface area (Å²) in [5.74, 6) is -0.671. The van der Waals surface area contributed by atoms with Crippen molar-refractivity contribution in [2.24, 2.45) is 0 Å². The summed E-state index contributed by atoms with van der Waals surface area (Å²) in [5.41, 5.74) is 0.648. The van der Waals surface area contributed by atoms with E-state index in [1.807, 2.05) is 0 Å². The van der Waals surface area contributed by atoms with Crippen LogP contribution >= 0.6 is 0 Å². The molecule has 0 radical (unpaired) electrons. The van der Waals surface area contributed by atoms with Gasteiger partial charge in [-0.3, -0.25) is 19.7 Å². The quantitative estimate of drug-likeness (QED) is 0.649. The number of amides is 1. The lowest BCUT2D eigenvalue weighted by Crippen LogP contribution is -2.37. The monoisotopic (exact) mass is 250 g/mol. The minimum absolute atomic E-state index is 0.143. The Hall–Kier alpha value is -2.24. The van der Waals surface area contributed by atoms with Crippen molar-refractivity contribution in [3.8, 4) is 0 Å². The Kier molecular flexibility index (Phi) is 4.14. The summed E-state index contributed by atoms with van der Waals surface area (Å²) in [4.78, 5) is 33.0. The van der Waals surface area contributed by atoms with Crippen LogP contribution in [0, 0.1) is 17.0 Å². The van der Waals surface area contributed by atoms with Crippen LogP contribution in [0.3, 0.4) is 0 Å². The molecule has 0 bridgehead atoms. The van der Waals surface area contributed by atoms with E-state index in [0.29, 0.717) is 5.56 Å². The largest absolute Gasteiger partial charge is 0.343 e. The van der Waals surface area contributed by atoms with Crippen molar-refractivity contribution in [3.63, 3.8) is 0 Å². The van der Waals surface area contributed by atoms with Crippen LogP contribution < -0.4 is 5.32 Å². The van der Waals surface area contributed by atoms with Crippen molar-refractivity contribution in [1.29, 1.82) is 0 Å². The van der Waals surface area contributed by atoms with Gasteiger partial charge in [-0.15, -0.1) is 0 Å². The Bertz CT molecular complexity index is 511. The maximum atomic E-state index is 11.8. The number of ketones is 1. The van der Waals surface area contributed by atoms with Crippen LogP contribution in [0.25, 0.3) is 0 Å². The summed E-state index contributed by atoms with van der Waals surface area (Å²) in [5, 5.41) is 13.2. The number of hydrogen-bond acceptors (Lipinski definition) is 4. The number of nitrogens with zero attached hydrogens (tertiary/aromatic N) is 1. The van der Waals surface area contributed by atoms with E-state index in [9.17, 15) is 19.7 Å². The van der Waals surface area contributed by atoms with E-state index in [1.165, 1.54) is 25.1 Å². The molecule has 6 heteroatoms. The number of hydrogen-bond donors (Lipinski definition) is 1. The van der Waals surface area contributed by atoms with Crippen LogP contribution in [0.5, 0.6) is 0 Å². The summed E-state index contributed by atoms with van der Waals surface area (Å²) in [6.07, 6.45) is 0. The van der Waals surface area contributed by atoms with Crippen molar-refractivity contribution < 1.29 is 14.5 Å². The number of Topliss-reactive ketones (excluding diaryl/α,β-unsaturated/α-hetero) is 1. The lowest BCUT2D eigenvalue weighted by atomic mass is 10.1. The van der Waals surface area contributed by atoms with Gasteiger partial charge in [0.15, 0.2) is 5.78 Å². The molecule has 0 aliphatic carbocycles. The average molecular weight is 250 g/mol. The van der Waals surface area contributed by atoms with Crippen LogP contribution in [0.15, 0.2) is 18.2 Å². The predicted molar refractivity (Wildman–Crippen MR) is 65.4 cm³/mol. The lowest BCUT2D eigenvalue weighted by molar-refractivity contribution is -0.384. The van der Waals surface area contributed by atoms with Gasteiger partial charge in [0, 0.05) is 17.7 Å². The van der Waals surface area contributed by atoms with Crippen molar-refractivity contribution in [2.45, 2.75) is 26.8 Å². The normalized spacial score (nSPS) is 11.7. The van der Waals surface area contributed by atoms with Crippen molar-refractivity contribution >= 4 is 17.4 Å². The van der Waals surface area contributed by atoms with E-state index < -0.39 is 16.9 Å². The maximum absolute atomic E-state index is 11.8. The molecule has 0 aromatic heterocycles. The van der Waals surface area contributed by atoms with Gasteiger partial charge in [0.05, 0.1) is 11.0 Å². The molecule has 1 atom stereocenters. The molecule has 0 aliphatic heterocycles. The van der Waals surface area contributed by atoms with Crippen LogP contribution in [0.1, 0.15) is 29.8 Å². The van der Waals surface area contributed by atoms with Gasteiger partial charge in [-0.25, -0.2) is 0 Å². The minimum atomic E-state index is -0.614. The van der Waals surface area contributed by atoms with E-state index in [0.717, 1.165) is 0 Å². The third-order valence-corrected chi connectivity index (χ3v) is 2.49. The van der Waals surface area contributed by atoms with Crippen molar-refractivity contribution in [3.05, 3.63) is 39.4 Å². The molecule has 18 heavy (non-hydrogen) atoms. The fourth-order valence-corrected chi connectivity index (χ4v) is 1.38. The van der Waals surface area contributed by atoms with E-state index in [2.05, 4.69) is 5.32 Å². The molecular weight excluding hydrogens is 236 g/mol. The topological polar surface area (TPSA) is 89.3 Å². The van der Waals surface area contributed by atoms with Gasteiger partial charge in [0.1, 0.15) is 0 Å². The average Bonchev–Trinajstić information content (AvgIpc) is 2.27. The lowest BCUT2D eigenvalue weighted by Gasteiger charge is -2.10. The molecule has 1 rings (SSSR count). The number of carbonyl (C=O) groups excluding carboxylic acids is 2. The molecule has 1 amide bonds. The van der Waals surface area contributed by atoms with Gasteiger partial charge in [-0.05, 0) is 32.4 Å². The van der Waals surface area contributed by atoms with E-state index >= 15 is 0 Å². The number of carbonyl (C=O) groups is 2. The highest BCUT2D eigenvalue weighted by Gasteiger charge is 2.16. The third kappa shape index (κ3) is 3.38. The zero-order valence-electron chi connectivity index (χ0n) is 10.4. The van der Waals surface area contributed by atoms with Crippen LogP contribution in [0.2, 0.25) is 0 Å². The number of nitro benzene ring substituents is 1. The highest BCUT2D eigenvalue weighted by Crippen LogP contribution is 2.16. The molecule has 6 nitrogen and oxygen atoms in total. The molecule has 0 aliphatic rings. The van der Waals surface area contributed by atoms with Gasteiger partial charge < -0.3 is 5.32 Å². The standard InChI is InChI=1S/C12H14N2O4/c1-7-4-10(6-11(5-7)14(17)18)12(16)13-8(2)9(3)15/h4-6,8H,1-3H3,(H,13,16). The molecular formula is C12H14N2O4. The summed E-state index contributed by atoms with van der Waals surface area (Å²) in [6, 6.07) is 3.49. The second-order valence-electron chi connectivity index (χ2n) is 4.12. The Morgan fingerprint density at radius 3 is 2.44 bits per heavy atom. The number of non-ortho nitro benzene ring substituents is 1. The van der Waals surface area contributed by atoms with E-state index in [4.69, 9.17) is 0 Å². The maximum Gasteiger partial charge on any atom is 0.270 e.